The van der Waals surface area contributed by atoms with E-state index in [0.29, 0.717) is 40.2 Å². The van der Waals surface area contributed by atoms with Crippen LogP contribution in [0, 0.1) is 19.8 Å². The van der Waals surface area contributed by atoms with Crippen molar-refractivity contribution in [2.75, 3.05) is 17.2 Å². The number of benzene rings is 3. The van der Waals surface area contributed by atoms with Gasteiger partial charge in [0.25, 0.3) is 0 Å². The van der Waals surface area contributed by atoms with Gasteiger partial charge in [-0.05, 0) is 57.4 Å². The van der Waals surface area contributed by atoms with Gasteiger partial charge in [-0.1, -0.05) is 48.9 Å². The van der Waals surface area contributed by atoms with Crippen LogP contribution in [0.3, 0.4) is 0 Å². The van der Waals surface area contributed by atoms with E-state index in [9.17, 15) is 9.59 Å². The van der Waals surface area contributed by atoms with Crippen molar-refractivity contribution in [3.05, 3.63) is 88.0 Å². The van der Waals surface area contributed by atoms with Gasteiger partial charge < -0.3 is 16.4 Å². The van der Waals surface area contributed by atoms with E-state index in [-0.39, 0.29) is 23.0 Å². The topological polar surface area (TPSA) is 84.2 Å². The maximum Gasteiger partial charge on any atom is 0.196 e. The highest BCUT2D eigenvalue weighted by atomic mass is 16.1. The molecule has 0 bridgehead atoms. The first-order chi connectivity index (χ1) is 15.6. The lowest BCUT2D eigenvalue weighted by Gasteiger charge is -2.29. The van der Waals surface area contributed by atoms with E-state index in [1.54, 1.807) is 24.3 Å². The fourth-order valence-electron chi connectivity index (χ4n) is 4.10. The number of fused-ring (bicyclic) bond motifs is 2. The van der Waals surface area contributed by atoms with E-state index in [2.05, 4.69) is 23.6 Å². The monoisotopic (exact) mass is 441 g/mol. The number of nitrogens with one attached hydrogen (secondary N) is 2. The molecule has 0 saturated carbocycles. The van der Waals surface area contributed by atoms with Crippen molar-refractivity contribution in [2.45, 2.75) is 40.2 Å². The molecule has 1 aliphatic rings. The quantitative estimate of drug-likeness (QED) is 0.362. The number of hydrogen-bond acceptors (Lipinski definition) is 5. The van der Waals surface area contributed by atoms with Gasteiger partial charge in [0.05, 0.1) is 16.8 Å². The summed E-state index contributed by atoms with van der Waals surface area (Å²) in [7, 11) is 0. The molecular weight excluding hydrogens is 410 g/mol. The first-order valence-electron chi connectivity index (χ1n) is 11.3. The number of carbonyl (C=O) groups is 2. The van der Waals surface area contributed by atoms with Crippen molar-refractivity contribution < 1.29 is 9.59 Å². The van der Waals surface area contributed by atoms with E-state index >= 15 is 0 Å². The first kappa shape index (κ1) is 22.7. The second-order valence-corrected chi connectivity index (χ2v) is 9.66. The molecule has 0 spiro atoms. The van der Waals surface area contributed by atoms with Crippen molar-refractivity contribution in [2.24, 2.45) is 11.7 Å². The van der Waals surface area contributed by atoms with E-state index < -0.39 is 0 Å². The summed E-state index contributed by atoms with van der Waals surface area (Å²) in [6.07, 6.45) is 0. The van der Waals surface area contributed by atoms with Crippen molar-refractivity contribution in [1.82, 2.24) is 0 Å². The van der Waals surface area contributed by atoms with Gasteiger partial charge in [-0.2, -0.15) is 0 Å². The summed E-state index contributed by atoms with van der Waals surface area (Å²) in [6, 6.07) is 16.9. The molecule has 1 aliphatic carbocycles. The Balaban J connectivity index is 1.82. The molecule has 33 heavy (non-hydrogen) atoms. The van der Waals surface area contributed by atoms with Crippen LogP contribution in [0.25, 0.3) is 0 Å². The molecule has 3 aromatic rings. The van der Waals surface area contributed by atoms with Crippen LogP contribution in [0.15, 0.2) is 54.6 Å². The summed E-state index contributed by atoms with van der Waals surface area (Å²) >= 11 is 0. The van der Waals surface area contributed by atoms with Crippen LogP contribution in [0.4, 0.5) is 17.1 Å². The molecule has 1 atom stereocenters. The molecule has 5 nitrogen and oxygen atoms in total. The fourth-order valence-corrected chi connectivity index (χ4v) is 4.10. The Morgan fingerprint density at radius 2 is 1.39 bits per heavy atom. The van der Waals surface area contributed by atoms with E-state index in [4.69, 9.17) is 5.73 Å². The number of carbonyl (C=O) groups excluding carboxylic acids is 2. The molecule has 3 aromatic carbocycles. The molecule has 0 fully saturated rings. The zero-order valence-corrected chi connectivity index (χ0v) is 19.9. The molecule has 4 rings (SSSR count). The van der Waals surface area contributed by atoms with Crippen LogP contribution in [0.5, 0.6) is 0 Å². The van der Waals surface area contributed by atoms with Crippen LogP contribution in [-0.2, 0) is 0 Å². The molecule has 0 heterocycles. The van der Waals surface area contributed by atoms with Gasteiger partial charge in [0.1, 0.15) is 0 Å². The molecule has 170 valence electrons. The summed E-state index contributed by atoms with van der Waals surface area (Å²) < 4.78 is 0. The second-order valence-electron chi connectivity index (χ2n) is 9.66. The second kappa shape index (κ2) is 8.49. The third-order valence-electron chi connectivity index (χ3n) is 6.60. The summed E-state index contributed by atoms with van der Waals surface area (Å²) in [6.45, 7) is 10.7. The minimum absolute atomic E-state index is 0.147. The maximum absolute atomic E-state index is 13.6. The van der Waals surface area contributed by atoms with Crippen molar-refractivity contribution >= 4 is 28.6 Å². The fraction of sp³-hybridized carbons (Fsp3) is 0.286. The number of hydrogen-bond donors (Lipinski definition) is 3. The Bertz CT molecular complexity index is 1250. The standard InChI is InChI=1S/C28H31N3O2/c1-16-10-11-21(17(2)14-16)31-23-13-12-22(30-15-18(3)28(4,5)29)24-25(23)27(33)20-9-7-6-8-19(20)26(24)32/h6-14,18,30-31H,15,29H2,1-5H3. The highest BCUT2D eigenvalue weighted by molar-refractivity contribution is 6.32. The number of nitrogens with two attached hydrogens (primary N) is 1. The lowest BCUT2D eigenvalue weighted by molar-refractivity contribution is 0.0980. The summed E-state index contributed by atoms with van der Waals surface area (Å²) in [5.41, 5.74) is 12.0. The Morgan fingerprint density at radius 3 is 1.97 bits per heavy atom. The lowest BCUT2D eigenvalue weighted by atomic mass is 9.82. The van der Waals surface area contributed by atoms with Gasteiger partial charge in [-0.15, -0.1) is 0 Å². The lowest BCUT2D eigenvalue weighted by Crippen LogP contribution is -2.42. The van der Waals surface area contributed by atoms with E-state index in [1.807, 2.05) is 52.0 Å². The Hall–Kier alpha value is -3.44. The van der Waals surface area contributed by atoms with Gasteiger partial charge in [0, 0.05) is 34.6 Å². The number of rotatable bonds is 6. The van der Waals surface area contributed by atoms with Gasteiger partial charge in [-0.25, -0.2) is 0 Å². The Labute approximate surface area is 195 Å². The van der Waals surface area contributed by atoms with Crippen LogP contribution in [0.1, 0.15) is 63.7 Å². The minimum atomic E-state index is -0.371. The summed E-state index contributed by atoms with van der Waals surface area (Å²) in [4.78, 5) is 27.2. The predicted molar refractivity (Wildman–Crippen MR) is 135 cm³/mol. The molecule has 0 saturated heterocycles. The SMILES string of the molecule is Cc1ccc(Nc2ccc(NCC(C)C(C)(C)N)c3c2C(=O)c2ccccc2C3=O)c(C)c1. The number of aryl methyl sites for hydroxylation is 2. The van der Waals surface area contributed by atoms with Gasteiger partial charge >= 0.3 is 0 Å². The average molecular weight is 442 g/mol. The van der Waals surface area contributed by atoms with Gasteiger partial charge in [-0.3, -0.25) is 9.59 Å². The van der Waals surface area contributed by atoms with Crippen molar-refractivity contribution in [3.63, 3.8) is 0 Å². The van der Waals surface area contributed by atoms with E-state index in [1.165, 1.54) is 0 Å². The van der Waals surface area contributed by atoms with Gasteiger partial charge in [0.15, 0.2) is 11.6 Å². The van der Waals surface area contributed by atoms with Crippen LogP contribution in [0.2, 0.25) is 0 Å². The molecule has 0 aromatic heterocycles. The molecule has 0 radical (unpaired) electrons. The van der Waals surface area contributed by atoms with E-state index in [0.717, 1.165) is 16.8 Å². The smallest absolute Gasteiger partial charge is 0.196 e. The molecule has 1 unspecified atom stereocenters. The highest BCUT2D eigenvalue weighted by Crippen LogP contribution is 2.38. The first-order valence-corrected chi connectivity index (χ1v) is 11.3. The molecular formula is C28H31N3O2. The van der Waals surface area contributed by atoms with Gasteiger partial charge in [0.2, 0.25) is 0 Å². The highest BCUT2D eigenvalue weighted by Gasteiger charge is 2.34. The normalized spacial score (nSPS) is 13.9. The molecule has 0 aliphatic heterocycles. The minimum Gasteiger partial charge on any atom is -0.384 e. The van der Waals surface area contributed by atoms with Crippen molar-refractivity contribution in [1.29, 1.82) is 0 Å². The summed E-state index contributed by atoms with van der Waals surface area (Å²) in [5.74, 6) is -0.141. The molecule has 5 heteroatoms. The number of anilines is 3. The largest absolute Gasteiger partial charge is 0.384 e. The molecule has 4 N–H and O–H groups in total. The molecule has 0 amide bonds. The van der Waals surface area contributed by atoms with Crippen molar-refractivity contribution in [3.8, 4) is 0 Å². The maximum atomic E-state index is 13.6. The third-order valence-corrected chi connectivity index (χ3v) is 6.60. The summed E-state index contributed by atoms with van der Waals surface area (Å²) in [5, 5.41) is 6.79. The Morgan fingerprint density at radius 1 is 0.848 bits per heavy atom. The zero-order chi connectivity index (χ0) is 23.9. The predicted octanol–water partition coefficient (Wildman–Crippen LogP) is 5.61. The van der Waals surface area contributed by atoms with Crippen LogP contribution >= 0.6 is 0 Å². The third kappa shape index (κ3) is 4.29. The Kier molecular flexibility index (Phi) is 5.85. The number of ketones is 2. The van der Waals surface area contributed by atoms with Crippen LogP contribution in [-0.4, -0.2) is 23.7 Å². The average Bonchev–Trinajstić information content (AvgIpc) is 2.77. The zero-order valence-electron chi connectivity index (χ0n) is 19.9. The van der Waals surface area contributed by atoms with Crippen LogP contribution < -0.4 is 16.4 Å².